The lowest BCUT2D eigenvalue weighted by atomic mass is 9.92. The Bertz CT molecular complexity index is 2740. The van der Waals surface area contributed by atoms with E-state index >= 15 is 0 Å². The summed E-state index contributed by atoms with van der Waals surface area (Å²) in [5.74, 6) is 0. The maximum absolute atomic E-state index is 9.75. The highest BCUT2D eigenvalue weighted by Crippen LogP contribution is 2.52. The number of hydrogen-bond acceptors (Lipinski definition) is 3. The van der Waals surface area contributed by atoms with Gasteiger partial charge in [-0.3, -0.25) is 0 Å². The van der Waals surface area contributed by atoms with E-state index in [1.165, 1.54) is 21.1 Å². The Hall–Kier alpha value is -6.29. The zero-order valence-electron chi connectivity index (χ0n) is 28.7. The van der Waals surface area contributed by atoms with Crippen molar-refractivity contribution in [2.45, 2.75) is 9.79 Å². The standard InChI is InChI=1S/C48H32N2S/c1-4-15-36(16-5-1)49(37-17-6-2-7-18-37)41-27-28-42-45-30-35-24-26-40(31-44(35)43-21-12-22-46(48(43)45)51-47(42)32-41)50(38-19-8-3-9-20-38)39-25-23-33-13-10-11-14-34(33)29-39/h1-32H/i30D. The molecule has 0 N–H and O–H groups in total. The average molecular weight is 670 g/mol. The third kappa shape index (κ3) is 5.13. The van der Waals surface area contributed by atoms with Crippen LogP contribution in [0.4, 0.5) is 34.1 Å². The highest BCUT2D eigenvalue weighted by molar-refractivity contribution is 7.99. The molecule has 0 saturated heterocycles. The number of benzene rings is 9. The van der Waals surface area contributed by atoms with Crippen LogP contribution in [0.25, 0.3) is 43.4 Å². The van der Waals surface area contributed by atoms with Crippen molar-refractivity contribution in [3.63, 3.8) is 0 Å². The van der Waals surface area contributed by atoms with Crippen LogP contribution in [0.15, 0.2) is 204 Å². The van der Waals surface area contributed by atoms with E-state index in [1.54, 1.807) is 11.8 Å². The van der Waals surface area contributed by atoms with Crippen molar-refractivity contribution in [3.05, 3.63) is 194 Å². The van der Waals surface area contributed by atoms with E-state index in [0.29, 0.717) is 6.04 Å². The average Bonchev–Trinajstić information content (AvgIpc) is 3.20. The molecule has 9 aromatic carbocycles. The van der Waals surface area contributed by atoms with E-state index in [4.69, 9.17) is 0 Å². The zero-order chi connectivity index (χ0) is 34.6. The largest absolute Gasteiger partial charge is 0.310 e. The first-order chi connectivity index (χ1) is 25.7. The summed E-state index contributed by atoms with van der Waals surface area (Å²) in [4.78, 5) is 6.96. The summed E-state index contributed by atoms with van der Waals surface area (Å²) >= 11 is 1.80. The molecule has 0 spiro atoms. The number of rotatable bonds is 6. The summed E-state index contributed by atoms with van der Waals surface area (Å²) in [6.07, 6.45) is 0. The molecule has 240 valence electrons. The van der Waals surface area contributed by atoms with Crippen LogP contribution in [-0.2, 0) is 0 Å². The minimum atomic E-state index is 0.566. The lowest BCUT2D eigenvalue weighted by Gasteiger charge is -2.28. The van der Waals surface area contributed by atoms with Crippen LogP contribution >= 0.6 is 11.8 Å². The van der Waals surface area contributed by atoms with E-state index in [1.807, 2.05) is 0 Å². The molecule has 0 amide bonds. The van der Waals surface area contributed by atoms with Crippen molar-refractivity contribution in [2.75, 3.05) is 9.80 Å². The van der Waals surface area contributed by atoms with Crippen molar-refractivity contribution in [2.24, 2.45) is 0 Å². The normalized spacial score (nSPS) is 12.1. The summed E-state index contributed by atoms with van der Waals surface area (Å²) in [6, 6.07) is 67.2. The van der Waals surface area contributed by atoms with Gasteiger partial charge in [-0.15, -0.1) is 0 Å². The molecule has 1 aliphatic rings. The Morgan fingerprint density at radius 2 is 0.902 bits per heavy atom. The van der Waals surface area contributed by atoms with Crippen LogP contribution in [0.3, 0.4) is 0 Å². The molecule has 9 aromatic rings. The van der Waals surface area contributed by atoms with Gasteiger partial charge in [0.15, 0.2) is 0 Å². The molecular formula is C48H32N2S. The molecule has 0 aromatic heterocycles. The van der Waals surface area contributed by atoms with Crippen molar-refractivity contribution >= 4 is 78.2 Å². The fourth-order valence-corrected chi connectivity index (χ4v) is 8.66. The molecule has 0 fully saturated rings. The van der Waals surface area contributed by atoms with Crippen LogP contribution in [-0.4, -0.2) is 0 Å². The predicted molar refractivity (Wildman–Crippen MR) is 218 cm³/mol. The fourth-order valence-electron chi connectivity index (χ4n) is 7.50. The molecular weight excluding hydrogens is 637 g/mol. The van der Waals surface area contributed by atoms with E-state index < -0.39 is 0 Å². The Balaban J connectivity index is 1.14. The predicted octanol–water partition coefficient (Wildman–Crippen LogP) is 14.2. The van der Waals surface area contributed by atoms with Gasteiger partial charge in [0.05, 0.1) is 1.37 Å². The highest BCUT2D eigenvalue weighted by atomic mass is 32.2. The zero-order valence-corrected chi connectivity index (χ0v) is 28.5. The molecule has 0 saturated carbocycles. The van der Waals surface area contributed by atoms with E-state index in [2.05, 4.69) is 198 Å². The number of para-hydroxylation sites is 3. The molecule has 51 heavy (non-hydrogen) atoms. The molecule has 1 heterocycles. The van der Waals surface area contributed by atoms with Crippen molar-refractivity contribution < 1.29 is 1.37 Å². The third-order valence-electron chi connectivity index (χ3n) is 9.83. The Morgan fingerprint density at radius 3 is 1.59 bits per heavy atom. The van der Waals surface area contributed by atoms with E-state index in [9.17, 15) is 1.37 Å². The van der Waals surface area contributed by atoms with Gasteiger partial charge in [0.25, 0.3) is 0 Å². The van der Waals surface area contributed by atoms with Crippen LogP contribution in [0, 0.1) is 0 Å². The molecule has 0 radical (unpaired) electrons. The topological polar surface area (TPSA) is 6.48 Å². The van der Waals surface area contributed by atoms with E-state index in [0.717, 1.165) is 66.3 Å². The molecule has 2 nitrogen and oxygen atoms in total. The van der Waals surface area contributed by atoms with Gasteiger partial charge in [-0.1, -0.05) is 121 Å². The molecule has 1 aliphatic heterocycles. The van der Waals surface area contributed by atoms with Crippen molar-refractivity contribution in [1.82, 2.24) is 0 Å². The van der Waals surface area contributed by atoms with Crippen molar-refractivity contribution in [1.29, 1.82) is 0 Å². The van der Waals surface area contributed by atoms with Gasteiger partial charge in [0.2, 0.25) is 0 Å². The Morgan fingerprint density at radius 1 is 0.353 bits per heavy atom. The quantitative estimate of drug-likeness (QED) is 0.163. The smallest absolute Gasteiger partial charge is 0.0636 e. The molecule has 10 rings (SSSR count). The van der Waals surface area contributed by atoms with Crippen LogP contribution < -0.4 is 9.80 Å². The first kappa shape index (κ1) is 28.5. The van der Waals surface area contributed by atoms with Gasteiger partial charge in [-0.05, 0) is 123 Å². The summed E-state index contributed by atoms with van der Waals surface area (Å²) in [5, 5.41) is 6.78. The minimum Gasteiger partial charge on any atom is -0.310 e. The summed E-state index contributed by atoms with van der Waals surface area (Å²) in [6.45, 7) is 0. The van der Waals surface area contributed by atoms with Crippen molar-refractivity contribution in [3.8, 4) is 11.1 Å². The van der Waals surface area contributed by atoms with Gasteiger partial charge >= 0.3 is 0 Å². The molecule has 3 heteroatoms. The molecule has 0 atom stereocenters. The first-order valence-corrected chi connectivity index (χ1v) is 18.1. The SMILES string of the molecule is [2H]c1c2c3c(cccc3c3cc(N(c4ccccc4)c4ccc5ccccc5c4)ccc13)Sc1cc(N(c3ccccc3)c3ccccc3)ccc1-2. The second kappa shape index (κ2) is 12.2. The van der Waals surface area contributed by atoms with E-state index in [-0.39, 0.29) is 0 Å². The Kier molecular flexibility index (Phi) is 6.85. The molecule has 0 aliphatic carbocycles. The minimum absolute atomic E-state index is 0.566. The monoisotopic (exact) mass is 669 g/mol. The van der Waals surface area contributed by atoms with Gasteiger partial charge < -0.3 is 9.80 Å². The van der Waals surface area contributed by atoms with Gasteiger partial charge in [-0.2, -0.15) is 0 Å². The lowest BCUT2D eigenvalue weighted by Crippen LogP contribution is -2.10. The molecule has 0 bridgehead atoms. The lowest BCUT2D eigenvalue weighted by molar-refractivity contribution is 1.26. The van der Waals surface area contributed by atoms with Gasteiger partial charge in [0.1, 0.15) is 0 Å². The van der Waals surface area contributed by atoms with Gasteiger partial charge in [0, 0.05) is 49.3 Å². The third-order valence-corrected chi connectivity index (χ3v) is 11.0. The van der Waals surface area contributed by atoms with Gasteiger partial charge in [-0.25, -0.2) is 0 Å². The number of hydrogen-bond donors (Lipinski definition) is 0. The molecule has 0 unspecified atom stereocenters. The maximum Gasteiger partial charge on any atom is 0.0636 e. The second-order valence-corrected chi connectivity index (χ2v) is 14.0. The fraction of sp³-hybridized carbons (Fsp3) is 0. The maximum atomic E-state index is 9.75. The summed E-state index contributed by atoms with van der Waals surface area (Å²) in [7, 11) is 0. The second-order valence-electron chi connectivity index (χ2n) is 12.9. The number of anilines is 6. The number of fused-ring (bicyclic) bond motifs is 5. The van der Waals surface area contributed by atoms with Crippen LogP contribution in [0.2, 0.25) is 0 Å². The van der Waals surface area contributed by atoms with Crippen LogP contribution in [0.5, 0.6) is 0 Å². The Labute approximate surface area is 303 Å². The highest BCUT2D eigenvalue weighted by Gasteiger charge is 2.23. The number of nitrogens with zero attached hydrogens (tertiary/aromatic N) is 2. The summed E-state index contributed by atoms with van der Waals surface area (Å²) in [5.41, 5.74) is 8.66. The summed E-state index contributed by atoms with van der Waals surface area (Å²) < 4.78 is 9.75. The first-order valence-electron chi connectivity index (χ1n) is 17.8. The van der Waals surface area contributed by atoms with Crippen LogP contribution in [0.1, 0.15) is 1.37 Å².